The summed E-state index contributed by atoms with van der Waals surface area (Å²) < 4.78 is 14.4. The lowest BCUT2D eigenvalue weighted by atomic mass is 9.96. The summed E-state index contributed by atoms with van der Waals surface area (Å²) in [6.07, 6.45) is 1.42. The number of fused-ring (bicyclic) bond motifs is 1. The van der Waals surface area contributed by atoms with Crippen LogP contribution in [0.1, 0.15) is 25.3 Å². The van der Waals surface area contributed by atoms with E-state index < -0.39 is 5.82 Å². The SMILES string of the molecule is CNc1ncc2c(F)cc(-c3cc(O)c(C(C)C)c(O)c3)cc2n1. The van der Waals surface area contributed by atoms with E-state index in [2.05, 4.69) is 15.3 Å². The number of phenolic OH excluding ortho intramolecular Hbond substituents is 2. The largest absolute Gasteiger partial charge is 0.507 e. The fraction of sp³-hybridized carbons (Fsp3) is 0.222. The van der Waals surface area contributed by atoms with Gasteiger partial charge in [-0.3, -0.25) is 0 Å². The smallest absolute Gasteiger partial charge is 0.222 e. The van der Waals surface area contributed by atoms with Crippen molar-refractivity contribution in [3.05, 3.63) is 41.8 Å². The number of hydrogen-bond acceptors (Lipinski definition) is 5. The van der Waals surface area contributed by atoms with E-state index in [4.69, 9.17) is 0 Å². The van der Waals surface area contributed by atoms with Gasteiger partial charge in [0, 0.05) is 18.8 Å². The van der Waals surface area contributed by atoms with Gasteiger partial charge >= 0.3 is 0 Å². The van der Waals surface area contributed by atoms with Crippen molar-refractivity contribution < 1.29 is 14.6 Å². The van der Waals surface area contributed by atoms with E-state index in [0.717, 1.165) is 0 Å². The quantitative estimate of drug-likeness (QED) is 0.677. The van der Waals surface area contributed by atoms with Gasteiger partial charge in [-0.2, -0.15) is 0 Å². The molecular formula is C18H18FN3O2. The molecule has 0 aliphatic rings. The summed E-state index contributed by atoms with van der Waals surface area (Å²) in [5, 5.41) is 23.5. The van der Waals surface area contributed by atoms with Gasteiger partial charge in [0.05, 0.1) is 10.9 Å². The Bertz CT molecular complexity index is 903. The van der Waals surface area contributed by atoms with Crippen molar-refractivity contribution in [2.45, 2.75) is 19.8 Å². The molecule has 24 heavy (non-hydrogen) atoms. The number of halogens is 1. The van der Waals surface area contributed by atoms with Crippen LogP contribution in [-0.4, -0.2) is 27.2 Å². The molecule has 0 radical (unpaired) electrons. The molecule has 3 rings (SSSR count). The summed E-state index contributed by atoms with van der Waals surface area (Å²) in [7, 11) is 1.68. The standard InChI is InChI=1S/C18H18FN3O2/c1-9(2)17-15(23)6-11(7-16(17)24)10-4-13(19)12-8-21-18(20-3)22-14(12)5-10/h4-9,23-24H,1-3H3,(H,20,21,22). The summed E-state index contributed by atoms with van der Waals surface area (Å²) in [6.45, 7) is 3.75. The Kier molecular flexibility index (Phi) is 3.97. The second-order valence-corrected chi connectivity index (χ2v) is 5.92. The number of aromatic hydroxyl groups is 2. The Morgan fingerprint density at radius 2 is 1.67 bits per heavy atom. The van der Waals surface area contributed by atoms with Gasteiger partial charge in [-0.05, 0) is 41.3 Å². The average molecular weight is 327 g/mol. The lowest BCUT2D eigenvalue weighted by Gasteiger charge is -2.13. The summed E-state index contributed by atoms with van der Waals surface area (Å²) in [4.78, 5) is 8.25. The van der Waals surface area contributed by atoms with Crippen molar-refractivity contribution in [3.8, 4) is 22.6 Å². The summed E-state index contributed by atoms with van der Waals surface area (Å²) >= 11 is 0. The van der Waals surface area contributed by atoms with Gasteiger partial charge in [0.2, 0.25) is 5.95 Å². The molecule has 124 valence electrons. The van der Waals surface area contributed by atoms with Crippen molar-refractivity contribution in [1.29, 1.82) is 0 Å². The monoisotopic (exact) mass is 327 g/mol. The Balaban J connectivity index is 2.19. The molecule has 0 bridgehead atoms. The topological polar surface area (TPSA) is 78.3 Å². The van der Waals surface area contributed by atoms with E-state index in [1.807, 2.05) is 13.8 Å². The lowest BCUT2D eigenvalue weighted by molar-refractivity contribution is 0.434. The van der Waals surface area contributed by atoms with Gasteiger partial charge in [0.1, 0.15) is 17.3 Å². The molecular weight excluding hydrogens is 309 g/mol. The number of rotatable bonds is 3. The third kappa shape index (κ3) is 2.71. The van der Waals surface area contributed by atoms with E-state index >= 15 is 0 Å². The zero-order valence-electron chi connectivity index (χ0n) is 13.6. The van der Waals surface area contributed by atoms with Gasteiger partial charge in [0.15, 0.2) is 0 Å². The average Bonchev–Trinajstić information content (AvgIpc) is 2.53. The molecule has 0 saturated heterocycles. The minimum Gasteiger partial charge on any atom is -0.507 e. The van der Waals surface area contributed by atoms with E-state index in [9.17, 15) is 14.6 Å². The van der Waals surface area contributed by atoms with Crippen LogP contribution < -0.4 is 5.32 Å². The van der Waals surface area contributed by atoms with Crippen LogP contribution >= 0.6 is 0 Å². The number of nitrogens with one attached hydrogen (secondary N) is 1. The zero-order chi connectivity index (χ0) is 17.4. The third-order valence-corrected chi connectivity index (χ3v) is 3.92. The van der Waals surface area contributed by atoms with Crippen LogP contribution in [0.2, 0.25) is 0 Å². The predicted octanol–water partition coefficient (Wildman–Crippen LogP) is 4.01. The highest BCUT2D eigenvalue weighted by Gasteiger charge is 2.15. The van der Waals surface area contributed by atoms with Crippen LogP contribution in [0.15, 0.2) is 30.5 Å². The molecule has 2 aromatic carbocycles. The summed E-state index contributed by atoms with van der Waals surface area (Å²) in [5.41, 5.74) is 1.94. The zero-order valence-corrected chi connectivity index (χ0v) is 13.6. The number of phenols is 2. The molecule has 0 amide bonds. The Labute approximate surface area is 138 Å². The maximum Gasteiger partial charge on any atom is 0.222 e. The van der Waals surface area contributed by atoms with Crippen LogP contribution in [0.4, 0.5) is 10.3 Å². The highest BCUT2D eigenvalue weighted by Crippen LogP contribution is 2.38. The van der Waals surface area contributed by atoms with E-state index in [0.29, 0.717) is 33.5 Å². The molecule has 0 unspecified atom stereocenters. The summed E-state index contributed by atoms with van der Waals surface area (Å²) in [6, 6.07) is 6.09. The Morgan fingerprint density at radius 3 is 2.25 bits per heavy atom. The van der Waals surface area contributed by atoms with Crippen molar-refractivity contribution in [1.82, 2.24) is 9.97 Å². The van der Waals surface area contributed by atoms with Crippen LogP contribution in [-0.2, 0) is 0 Å². The second-order valence-electron chi connectivity index (χ2n) is 5.92. The van der Waals surface area contributed by atoms with Crippen LogP contribution in [0, 0.1) is 5.82 Å². The number of aromatic nitrogens is 2. The number of anilines is 1. The van der Waals surface area contributed by atoms with E-state index in [-0.39, 0.29) is 17.4 Å². The van der Waals surface area contributed by atoms with Crippen molar-refractivity contribution >= 4 is 16.9 Å². The molecule has 5 nitrogen and oxygen atoms in total. The van der Waals surface area contributed by atoms with E-state index in [1.165, 1.54) is 24.4 Å². The van der Waals surface area contributed by atoms with E-state index in [1.54, 1.807) is 13.1 Å². The summed E-state index contributed by atoms with van der Waals surface area (Å²) in [5.74, 6) is -0.131. The predicted molar refractivity (Wildman–Crippen MR) is 91.9 cm³/mol. The number of nitrogens with zero attached hydrogens (tertiary/aromatic N) is 2. The maximum absolute atomic E-state index is 14.4. The van der Waals surface area contributed by atoms with Crippen molar-refractivity contribution in [3.63, 3.8) is 0 Å². The minimum atomic E-state index is -0.461. The molecule has 0 saturated carbocycles. The fourth-order valence-corrected chi connectivity index (χ4v) is 2.76. The number of hydrogen-bond donors (Lipinski definition) is 3. The van der Waals surface area contributed by atoms with Crippen molar-refractivity contribution in [2.24, 2.45) is 0 Å². The normalized spacial score (nSPS) is 11.2. The molecule has 1 aromatic heterocycles. The first-order chi connectivity index (χ1) is 11.4. The second kappa shape index (κ2) is 5.96. The van der Waals surface area contributed by atoms with Crippen LogP contribution in [0.5, 0.6) is 11.5 Å². The van der Waals surface area contributed by atoms with Gasteiger partial charge in [-0.1, -0.05) is 13.8 Å². The molecule has 3 aromatic rings. The minimum absolute atomic E-state index is 0.0147. The first-order valence-corrected chi connectivity index (χ1v) is 7.61. The number of benzene rings is 2. The van der Waals surface area contributed by atoms with Gasteiger partial charge in [-0.25, -0.2) is 14.4 Å². The molecule has 0 aliphatic carbocycles. The maximum atomic E-state index is 14.4. The highest BCUT2D eigenvalue weighted by molar-refractivity contribution is 5.85. The lowest BCUT2D eigenvalue weighted by Crippen LogP contribution is -1.97. The Hall–Kier alpha value is -2.89. The molecule has 0 aliphatic heterocycles. The highest BCUT2D eigenvalue weighted by atomic mass is 19.1. The first kappa shape index (κ1) is 16.0. The van der Waals surface area contributed by atoms with Crippen molar-refractivity contribution in [2.75, 3.05) is 12.4 Å². The van der Waals surface area contributed by atoms with Crippen LogP contribution in [0.3, 0.4) is 0 Å². The molecule has 3 N–H and O–H groups in total. The van der Waals surface area contributed by atoms with Gasteiger partial charge < -0.3 is 15.5 Å². The Morgan fingerprint density at radius 1 is 1.04 bits per heavy atom. The fourth-order valence-electron chi connectivity index (χ4n) is 2.76. The molecule has 0 fully saturated rings. The van der Waals surface area contributed by atoms with Gasteiger partial charge in [0.25, 0.3) is 0 Å². The molecule has 0 spiro atoms. The molecule has 6 heteroatoms. The molecule has 1 heterocycles. The molecule has 0 atom stereocenters. The third-order valence-electron chi connectivity index (χ3n) is 3.92. The van der Waals surface area contributed by atoms with Gasteiger partial charge in [-0.15, -0.1) is 0 Å². The first-order valence-electron chi connectivity index (χ1n) is 7.61. The van der Waals surface area contributed by atoms with Crippen LogP contribution in [0.25, 0.3) is 22.0 Å².